The van der Waals surface area contributed by atoms with E-state index in [-0.39, 0.29) is 0 Å². The van der Waals surface area contributed by atoms with Gasteiger partial charge in [0.25, 0.3) is 0 Å². The average Bonchev–Trinajstić information content (AvgIpc) is 2.77. The van der Waals surface area contributed by atoms with Gasteiger partial charge >= 0.3 is 5.97 Å². The summed E-state index contributed by atoms with van der Waals surface area (Å²) in [6.07, 6.45) is 10.4. The van der Waals surface area contributed by atoms with Gasteiger partial charge in [-0.2, -0.15) is 0 Å². The lowest BCUT2D eigenvalue weighted by molar-refractivity contribution is -0.0632. The summed E-state index contributed by atoms with van der Waals surface area (Å²) in [5.74, 6) is 3.32. The number of ether oxygens (including phenoxy) is 2. The van der Waals surface area contributed by atoms with Gasteiger partial charge in [0.1, 0.15) is 0 Å². The van der Waals surface area contributed by atoms with E-state index in [1.807, 2.05) is 30.5 Å². The molecule has 2 aromatic carbocycles. The Morgan fingerprint density at radius 2 is 1.66 bits per heavy atom. The van der Waals surface area contributed by atoms with E-state index in [9.17, 15) is 4.79 Å². The molecule has 4 saturated carbocycles. The van der Waals surface area contributed by atoms with Gasteiger partial charge in [0.2, 0.25) is 0 Å². The van der Waals surface area contributed by atoms with Gasteiger partial charge < -0.3 is 9.47 Å². The van der Waals surface area contributed by atoms with Crippen LogP contribution in [0.3, 0.4) is 0 Å². The maximum atomic E-state index is 12.5. The zero-order valence-corrected chi connectivity index (χ0v) is 20.3. The molecule has 6 rings (SSSR count). The molecule has 168 valence electrons. The van der Waals surface area contributed by atoms with Gasteiger partial charge in [0.05, 0.1) is 18.7 Å². The lowest BCUT2D eigenvalue weighted by Gasteiger charge is -2.58. The number of hydrogen-bond donors (Lipinski definition) is 0. The van der Waals surface area contributed by atoms with Crippen molar-refractivity contribution in [3.63, 3.8) is 0 Å². The fourth-order valence-corrected chi connectivity index (χ4v) is 6.90. The van der Waals surface area contributed by atoms with Crippen LogP contribution in [-0.2, 0) is 0 Å². The fraction of sp³-hybridized carbons (Fsp3) is 0.481. The highest BCUT2D eigenvalue weighted by Gasteiger charge is 2.53. The number of rotatable bonds is 6. The molecule has 4 nitrogen and oxygen atoms in total. The molecule has 4 aliphatic carbocycles. The molecule has 4 bridgehead atoms. The maximum absolute atomic E-state index is 12.5. The summed E-state index contributed by atoms with van der Waals surface area (Å²) in [4.78, 5) is 17.5. The van der Waals surface area contributed by atoms with Crippen molar-refractivity contribution >= 4 is 28.1 Å². The summed E-state index contributed by atoms with van der Waals surface area (Å²) in [6.45, 7) is 2.30. The van der Waals surface area contributed by atoms with Crippen molar-refractivity contribution in [2.75, 3.05) is 7.11 Å². The molecule has 0 spiro atoms. The Balaban J connectivity index is 1.29. The predicted octanol–water partition coefficient (Wildman–Crippen LogP) is 6.70. The monoisotopic (exact) mass is 495 g/mol. The highest BCUT2D eigenvalue weighted by molar-refractivity contribution is 9.10. The van der Waals surface area contributed by atoms with E-state index in [1.165, 1.54) is 38.5 Å². The molecule has 0 N–H and O–H groups in total. The van der Waals surface area contributed by atoms with E-state index in [2.05, 4.69) is 22.9 Å². The molecule has 1 unspecified atom stereocenters. The van der Waals surface area contributed by atoms with E-state index >= 15 is 0 Å². The van der Waals surface area contributed by atoms with Crippen LogP contribution >= 0.6 is 15.9 Å². The summed E-state index contributed by atoms with van der Waals surface area (Å²) in [5.41, 5.74) is 1.85. The molecule has 0 amide bonds. The molecular formula is C27H30BrNO3. The van der Waals surface area contributed by atoms with E-state index in [0.29, 0.717) is 28.5 Å². The largest absolute Gasteiger partial charge is 0.493 e. The van der Waals surface area contributed by atoms with Crippen molar-refractivity contribution in [1.29, 1.82) is 0 Å². The standard InChI is InChI=1S/C27H30BrNO3/c1-17(27-13-19-9-20(14-27)11-21(10-19)15-27)29-16-18-3-8-24(25(12-18)31-2)32-26(30)22-4-6-23(28)7-5-22/h3-8,12,16-17,19-21H,9-11,13-15H2,1-2H3. The molecule has 1 atom stereocenters. The van der Waals surface area contributed by atoms with Crippen molar-refractivity contribution in [2.45, 2.75) is 51.5 Å². The van der Waals surface area contributed by atoms with Crippen molar-refractivity contribution in [2.24, 2.45) is 28.2 Å². The topological polar surface area (TPSA) is 47.9 Å². The number of hydrogen-bond acceptors (Lipinski definition) is 4. The molecule has 0 aromatic heterocycles. The molecule has 0 radical (unpaired) electrons. The minimum atomic E-state index is -0.410. The third kappa shape index (κ3) is 4.24. The quantitative estimate of drug-likeness (QED) is 0.254. The van der Waals surface area contributed by atoms with E-state index in [1.54, 1.807) is 25.3 Å². The van der Waals surface area contributed by atoms with Gasteiger partial charge in [-0.3, -0.25) is 4.99 Å². The van der Waals surface area contributed by atoms with Crippen molar-refractivity contribution in [1.82, 2.24) is 0 Å². The molecular weight excluding hydrogens is 466 g/mol. The number of aliphatic imine (C=N–C) groups is 1. The van der Waals surface area contributed by atoms with Crippen LogP contribution in [0.4, 0.5) is 0 Å². The first-order valence-electron chi connectivity index (χ1n) is 11.6. The molecule has 0 heterocycles. The van der Waals surface area contributed by atoms with Crippen LogP contribution < -0.4 is 9.47 Å². The number of nitrogens with zero attached hydrogens (tertiary/aromatic N) is 1. The van der Waals surface area contributed by atoms with Gasteiger partial charge in [-0.1, -0.05) is 15.9 Å². The lowest BCUT2D eigenvalue weighted by atomic mass is 9.48. The molecule has 4 aliphatic rings. The summed E-state index contributed by atoms with van der Waals surface area (Å²) < 4.78 is 12.0. The number of carbonyl (C=O) groups is 1. The van der Waals surface area contributed by atoms with E-state index in [4.69, 9.17) is 14.5 Å². The summed E-state index contributed by atoms with van der Waals surface area (Å²) in [6, 6.07) is 13.0. The minimum absolute atomic E-state index is 0.330. The normalized spacial score (nSPS) is 29.3. The highest BCUT2D eigenvalue weighted by atomic mass is 79.9. The van der Waals surface area contributed by atoms with Crippen LogP contribution in [0.2, 0.25) is 0 Å². The number of carbonyl (C=O) groups excluding carboxylic acids is 1. The number of benzene rings is 2. The van der Waals surface area contributed by atoms with Gasteiger partial charge in [0.15, 0.2) is 11.5 Å². The highest BCUT2D eigenvalue weighted by Crippen LogP contribution is 2.61. The molecule has 32 heavy (non-hydrogen) atoms. The fourth-order valence-electron chi connectivity index (χ4n) is 6.64. The van der Waals surface area contributed by atoms with Gasteiger partial charge in [-0.05, 0) is 117 Å². The SMILES string of the molecule is COc1cc(C=NC(C)C23CC4CC(CC(C4)C2)C3)ccc1OC(=O)c1ccc(Br)cc1. The van der Waals surface area contributed by atoms with Gasteiger partial charge in [-0.25, -0.2) is 4.79 Å². The summed E-state index contributed by atoms with van der Waals surface area (Å²) in [5, 5.41) is 0. The van der Waals surface area contributed by atoms with Crippen LogP contribution in [0.25, 0.3) is 0 Å². The Bertz CT molecular complexity index is 994. The second-order valence-electron chi connectivity index (χ2n) is 10.0. The van der Waals surface area contributed by atoms with Gasteiger partial charge in [-0.15, -0.1) is 0 Å². The number of halogens is 1. The molecule has 2 aromatic rings. The Kier molecular flexibility index (Phi) is 5.87. The van der Waals surface area contributed by atoms with E-state index in [0.717, 1.165) is 27.8 Å². The van der Waals surface area contributed by atoms with E-state index < -0.39 is 5.97 Å². The van der Waals surface area contributed by atoms with Crippen LogP contribution in [0, 0.1) is 23.2 Å². The second kappa shape index (κ2) is 8.66. The number of methoxy groups -OCH3 is 1. The Hall–Kier alpha value is -2.14. The minimum Gasteiger partial charge on any atom is -0.493 e. The molecule has 0 saturated heterocycles. The van der Waals surface area contributed by atoms with Crippen molar-refractivity contribution in [3.8, 4) is 11.5 Å². The summed E-state index contributed by atoms with van der Waals surface area (Å²) >= 11 is 3.38. The third-order valence-electron chi connectivity index (χ3n) is 7.89. The smallest absolute Gasteiger partial charge is 0.343 e. The van der Waals surface area contributed by atoms with Crippen molar-refractivity contribution in [3.05, 3.63) is 58.1 Å². The van der Waals surface area contributed by atoms with Crippen LogP contribution in [0.1, 0.15) is 61.4 Å². The zero-order chi connectivity index (χ0) is 22.3. The van der Waals surface area contributed by atoms with Crippen molar-refractivity contribution < 1.29 is 14.3 Å². The Morgan fingerprint density at radius 1 is 1.03 bits per heavy atom. The Labute approximate surface area is 198 Å². The van der Waals surface area contributed by atoms with Crippen LogP contribution in [-0.4, -0.2) is 25.3 Å². The zero-order valence-electron chi connectivity index (χ0n) is 18.7. The predicted molar refractivity (Wildman–Crippen MR) is 130 cm³/mol. The molecule has 4 fully saturated rings. The maximum Gasteiger partial charge on any atom is 0.343 e. The lowest BCUT2D eigenvalue weighted by Crippen LogP contribution is -2.50. The molecule has 0 aliphatic heterocycles. The summed E-state index contributed by atoms with van der Waals surface area (Å²) in [7, 11) is 1.59. The second-order valence-corrected chi connectivity index (χ2v) is 11.0. The van der Waals surface area contributed by atoms with Gasteiger partial charge in [0, 0.05) is 10.7 Å². The van der Waals surface area contributed by atoms with Crippen LogP contribution in [0.15, 0.2) is 51.9 Å². The number of esters is 1. The first kappa shape index (κ1) is 21.7. The van der Waals surface area contributed by atoms with Crippen LogP contribution in [0.5, 0.6) is 11.5 Å². The first-order chi connectivity index (χ1) is 15.4. The average molecular weight is 496 g/mol. The third-order valence-corrected chi connectivity index (χ3v) is 8.42. The first-order valence-corrected chi connectivity index (χ1v) is 12.4. The molecule has 5 heteroatoms. The Morgan fingerprint density at radius 3 is 2.25 bits per heavy atom.